The van der Waals surface area contributed by atoms with E-state index in [9.17, 15) is 19.8 Å². The standard InChI is InChI=1S/C27H36N4O5/c1-25(2,27(5,6)31-20-11-9-8-10-19(20)30(7)24(31)35)26(3,4)28-14-21(33)17-12-16(32)13-18-23(17)36-15-22(34)29-18/h8-13,21,28,32-33H,14-15H2,1-7H3,(H,29,34). The number of aliphatic hydroxyl groups excluding tert-OH is 1. The van der Waals surface area contributed by atoms with Crippen LogP contribution in [0.3, 0.4) is 0 Å². The van der Waals surface area contributed by atoms with Gasteiger partial charge < -0.3 is 25.6 Å². The number of imidazole rings is 1. The molecular formula is C27H36N4O5. The Morgan fingerprint density at radius 2 is 1.72 bits per heavy atom. The molecule has 0 fully saturated rings. The maximum atomic E-state index is 13.3. The number of nitrogens with one attached hydrogen (secondary N) is 2. The van der Waals surface area contributed by atoms with Crippen molar-refractivity contribution in [2.24, 2.45) is 12.5 Å². The summed E-state index contributed by atoms with van der Waals surface area (Å²) in [6, 6.07) is 10.6. The van der Waals surface area contributed by atoms with Gasteiger partial charge in [-0.2, -0.15) is 0 Å². The van der Waals surface area contributed by atoms with E-state index in [1.54, 1.807) is 11.6 Å². The average molecular weight is 497 g/mol. The number of rotatable bonds is 7. The number of phenolic OH excluding ortho intramolecular Hbond substituents is 1. The quantitative estimate of drug-likeness (QED) is 0.399. The smallest absolute Gasteiger partial charge is 0.329 e. The molecule has 36 heavy (non-hydrogen) atoms. The maximum Gasteiger partial charge on any atom is 0.329 e. The Bertz CT molecular complexity index is 1380. The van der Waals surface area contributed by atoms with Gasteiger partial charge in [0.1, 0.15) is 11.5 Å². The molecule has 9 nitrogen and oxygen atoms in total. The normalized spacial score (nSPS) is 15.4. The number of hydrogen-bond acceptors (Lipinski definition) is 6. The molecule has 0 saturated carbocycles. The second-order valence-electron chi connectivity index (χ2n) is 11.1. The Labute approximate surface area is 210 Å². The number of aromatic nitrogens is 2. The topological polar surface area (TPSA) is 118 Å². The largest absolute Gasteiger partial charge is 0.508 e. The molecule has 0 radical (unpaired) electrons. The van der Waals surface area contributed by atoms with Crippen LogP contribution >= 0.6 is 0 Å². The number of nitrogens with zero attached hydrogens (tertiary/aromatic N) is 2. The van der Waals surface area contributed by atoms with Crippen LogP contribution in [-0.4, -0.2) is 43.9 Å². The molecule has 4 N–H and O–H groups in total. The van der Waals surface area contributed by atoms with Crippen molar-refractivity contribution in [3.63, 3.8) is 0 Å². The first-order valence-electron chi connectivity index (χ1n) is 12.1. The number of aryl methyl sites for hydroxylation is 1. The van der Waals surface area contributed by atoms with E-state index in [0.717, 1.165) is 11.0 Å². The summed E-state index contributed by atoms with van der Waals surface area (Å²) in [5, 5.41) is 27.4. The van der Waals surface area contributed by atoms with Crippen molar-refractivity contribution in [2.75, 3.05) is 18.5 Å². The van der Waals surface area contributed by atoms with Crippen molar-refractivity contribution in [2.45, 2.75) is 58.7 Å². The highest BCUT2D eigenvalue weighted by Crippen LogP contribution is 2.46. The number of ether oxygens (including phenoxy) is 1. The van der Waals surface area contributed by atoms with Crippen LogP contribution in [0.2, 0.25) is 0 Å². The predicted octanol–water partition coefficient (Wildman–Crippen LogP) is 3.24. The minimum Gasteiger partial charge on any atom is -0.508 e. The summed E-state index contributed by atoms with van der Waals surface area (Å²) in [6.45, 7) is 12.4. The van der Waals surface area contributed by atoms with Gasteiger partial charge in [0.25, 0.3) is 5.91 Å². The summed E-state index contributed by atoms with van der Waals surface area (Å²) in [6.07, 6.45) is -1.01. The van der Waals surface area contributed by atoms with Crippen LogP contribution in [0.5, 0.6) is 11.5 Å². The Morgan fingerprint density at radius 1 is 1.08 bits per heavy atom. The first kappa shape index (κ1) is 25.8. The molecule has 0 saturated heterocycles. The number of benzene rings is 2. The van der Waals surface area contributed by atoms with E-state index in [4.69, 9.17) is 4.74 Å². The van der Waals surface area contributed by atoms with Crippen LogP contribution in [0.1, 0.15) is 53.2 Å². The summed E-state index contributed by atoms with van der Waals surface area (Å²) >= 11 is 0. The lowest BCUT2D eigenvalue weighted by molar-refractivity contribution is -0.118. The third kappa shape index (κ3) is 3.96. The zero-order chi connectivity index (χ0) is 26.6. The molecule has 1 amide bonds. The summed E-state index contributed by atoms with van der Waals surface area (Å²) < 4.78 is 9.08. The third-order valence-electron chi connectivity index (χ3n) is 8.43. The van der Waals surface area contributed by atoms with Gasteiger partial charge in [0.2, 0.25) is 0 Å². The van der Waals surface area contributed by atoms with Gasteiger partial charge in [0.15, 0.2) is 6.61 Å². The van der Waals surface area contributed by atoms with Crippen LogP contribution in [-0.2, 0) is 17.4 Å². The van der Waals surface area contributed by atoms with Crippen LogP contribution in [0.15, 0.2) is 41.2 Å². The summed E-state index contributed by atoms with van der Waals surface area (Å²) in [7, 11) is 1.78. The number of aromatic hydroxyl groups is 1. The molecular weight excluding hydrogens is 460 g/mol. The van der Waals surface area contributed by atoms with E-state index in [-0.39, 0.29) is 30.5 Å². The Balaban J connectivity index is 1.63. The Hall–Kier alpha value is -3.30. The summed E-state index contributed by atoms with van der Waals surface area (Å²) in [5.74, 6) is -0.0495. The first-order valence-corrected chi connectivity index (χ1v) is 12.1. The van der Waals surface area contributed by atoms with Gasteiger partial charge in [0, 0.05) is 36.2 Å². The minimum absolute atomic E-state index is 0.0790. The SMILES string of the molecule is Cn1c(=O)n(C(C)(C)C(C)(C)C(C)(C)NCC(O)c2cc(O)cc3c2OCC(=O)N3)c2ccccc21. The fourth-order valence-corrected chi connectivity index (χ4v) is 5.02. The second-order valence-corrected chi connectivity index (χ2v) is 11.1. The molecule has 3 aromatic rings. The van der Waals surface area contributed by atoms with Crippen LogP contribution in [0, 0.1) is 5.41 Å². The highest BCUT2D eigenvalue weighted by atomic mass is 16.5. The van der Waals surface area contributed by atoms with Crippen molar-refractivity contribution < 1.29 is 19.7 Å². The summed E-state index contributed by atoms with van der Waals surface area (Å²) in [5.41, 5.74) is 0.695. The molecule has 2 heterocycles. The zero-order valence-electron chi connectivity index (χ0n) is 22.0. The molecule has 0 aliphatic carbocycles. The number of β-amino-alcohol motifs (C(OH)–C–C–N with tert-alkyl or cyclic N) is 1. The molecule has 1 aliphatic rings. The number of aliphatic hydroxyl groups is 1. The zero-order valence-corrected chi connectivity index (χ0v) is 22.0. The van der Waals surface area contributed by atoms with Crippen molar-refractivity contribution in [3.8, 4) is 11.5 Å². The number of hydrogen-bond donors (Lipinski definition) is 4. The van der Waals surface area contributed by atoms with Gasteiger partial charge in [-0.25, -0.2) is 4.79 Å². The minimum atomic E-state index is -1.01. The summed E-state index contributed by atoms with van der Waals surface area (Å²) in [4.78, 5) is 25.0. The number of carbonyl (C=O) groups is 1. The van der Waals surface area contributed by atoms with Crippen molar-refractivity contribution in [1.29, 1.82) is 0 Å². The number of carbonyl (C=O) groups excluding carboxylic acids is 1. The number of phenols is 1. The molecule has 1 atom stereocenters. The molecule has 1 unspecified atom stereocenters. The monoisotopic (exact) mass is 496 g/mol. The van der Waals surface area contributed by atoms with Gasteiger partial charge in [0.05, 0.1) is 28.4 Å². The molecule has 2 aromatic carbocycles. The number of para-hydroxylation sites is 2. The molecule has 1 aliphatic heterocycles. The highest BCUT2D eigenvalue weighted by molar-refractivity contribution is 5.96. The average Bonchev–Trinajstić information content (AvgIpc) is 3.07. The first-order chi connectivity index (χ1) is 16.7. The fourth-order valence-electron chi connectivity index (χ4n) is 5.02. The molecule has 4 rings (SSSR count). The lowest BCUT2D eigenvalue weighted by Gasteiger charge is -2.53. The van der Waals surface area contributed by atoms with E-state index in [1.165, 1.54) is 12.1 Å². The third-order valence-corrected chi connectivity index (χ3v) is 8.43. The van der Waals surface area contributed by atoms with E-state index in [2.05, 4.69) is 38.3 Å². The molecule has 194 valence electrons. The van der Waals surface area contributed by atoms with Gasteiger partial charge in [-0.15, -0.1) is 0 Å². The molecule has 1 aromatic heterocycles. The Kier molecular flexibility index (Phi) is 6.21. The van der Waals surface area contributed by atoms with Crippen LogP contribution < -0.4 is 21.1 Å². The number of fused-ring (bicyclic) bond motifs is 2. The molecule has 9 heteroatoms. The van der Waals surface area contributed by atoms with E-state index in [0.29, 0.717) is 17.0 Å². The van der Waals surface area contributed by atoms with Crippen LogP contribution in [0.4, 0.5) is 5.69 Å². The van der Waals surface area contributed by atoms with Gasteiger partial charge in [-0.05, 0) is 45.9 Å². The van der Waals surface area contributed by atoms with Gasteiger partial charge in [-0.3, -0.25) is 13.9 Å². The fraction of sp³-hybridized carbons (Fsp3) is 0.481. The lowest BCUT2D eigenvalue weighted by Crippen LogP contribution is -2.62. The van der Waals surface area contributed by atoms with Crippen molar-refractivity contribution in [3.05, 3.63) is 52.4 Å². The second kappa shape index (κ2) is 8.67. The molecule has 0 spiro atoms. The highest BCUT2D eigenvalue weighted by Gasteiger charge is 2.50. The van der Waals surface area contributed by atoms with E-state index in [1.807, 2.05) is 42.7 Å². The number of anilines is 1. The molecule has 0 bridgehead atoms. The van der Waals surface area contributed by atoms with Crippen LogP contribution in [0.25, 0.3) is 11.0 Å². The van der Waals surface area contributed by atoms with E-state index < -0.39 is 22.6 Å². The lowest BCUT2D eigenvalue weighted by atomic mass is 9.62. The Morgan fingerprint density at radius 3 is 2.39 bits per heavy atom. The van der Waals surface area contributed by atoms with E-state index >= 15 is 0 Å². The maximum absolute atomic E-state index is 13.3. The van der Waals surface area contributed by atoms with Gasteiger partial charge >= 0.3 is 5.69 Å². The van der Waals surface area contributed by atoms with Gasteiger partial charge in [-0.1, -0.05) is 26.0 Å². The number of amides is 1. The van der Waals surface area contributed by atoms with Crippen molar-refractivity contribution >= 4 is 22.6 Å². The van der Waals surface area contributed by atoms with Crippen molar-refractivity contribution in [1.82, 2.24) is 14.5 Å². The predicted molar refractivity (Wildman–Crippen MR) is 140 cm³/mol.